The van der Waals surface area contributed by atoms with Crippen LogP contribution in [0, 0.1) is 19.8 Å². The van der Waals surface area contributed by atoms with Gasteiger partial charge in [0.1, 0.15) is 24.0 Å². The number of amides is 2. The summed E-state index contributed by atoms with van der Waals surface area (Å²) >= 11 is 0. The standard InChI is InChI=1S/C26H39N5O3/c1-6-29-14-9-10-15-30(25(32)13-16-31-21(5)27-20(4)28-31)22(17-19(2)3)18-34-24-12-8-7-11-23(24)26(29)33/h7-8,11-12,19,22H,6,9-10,13-18H2,1-5H3/t22-/m0/s1. The SMILES string of the molecule is CCN1CCCCN(C(=O)CCn2nc(C)nc2C)[C@@H](CC(C)C)COc2ccccc2C1=O. The minimum atomic E-state index is -0.0593. The molecule has 2 heterocycles. The zero-order valence-corrected chi connectivity index (χ0v) is 21.3. The summed E-state index contributed by atoms with van der Waals surface area (Å²) in [7, 11) is 0. The summed E-state index contributed by atoms with van der Waals surface area (Å²) in [5, 5.41) is 4.40. The van der Waals surface area contributed by atoms with Gasteiger partial charge in [-0.15, -0.1) is 0 Å². The minimum Gasteiger partial charge on any atom is -0.491 e. The van der Waals surface area contributed by atoms with E-state index in [-0.39, 0.29) is 17.9 Å². The van der Waals surface area contributed by atoms with Gasteiger partial charge in [-0.05, 0) is 58.1 Å². The molecule has 0 saturated carbocycles. The van der Waals surface area contributed by atoms with E-state index < -0.39 is 0 Å². The molecule has 0 unspecified atom stereocenters. The predicted molar refractivity (Wildman–Crippen MR) is 132 cm³/mol. The van der Waals surface area contributed by atoms with Gasteiger partial charge in [-0.25, -0.2) is 9.67 Å². The highest BCUT2D eigenvalue weighted by atomic mass is 16.5. The van der Waals surface area contributed by atoms with Gasteiger partial charge >= 0.3 is 0 Å². The van der Waals surface area contributed by atoms with Crippen LogP contribution in [0.5, 0.6) is 5.75 Å². The molecule has 186 valence electrons. The first kappa shape index (κ1) is 25.7. The lowest BCUT2D eigenvalue weighted by Gasteiger charge is -2.34. The monoisotopic (exact) mass is 469 g/mol. The van der Waals surface area contributed by atoms with Crippen LogP contribution in [0.25, 0.3) is 0 Å². The maximum atomic E-state index is 13.5. The van der Waals surface area contributed by atoms with Crippen molar-refractivity contribution >= 4 is 11.8 Å². The van der Waals surface area contributed by atoms with Gasteiger partial charge in [0.25, 0.3) is 5.91 Å². The molecule has 0 N–H and O–H groups in total. The third-order valence-electron chi connectivity index (χ3n) is 6.30. The van der Waals surface area contributed by atoms with Crippen molar-refractivity contribution in [1.29, 1.82) is 0 Å². The van der Waals surface area contributed by atoms with Crippen LogP contribution in [-0.2, 0) is 11.3 Å². The van der Waals surface area contributed by atoms with Crippen LogP contribution in [0.15, 0.2) is 24.3 Å². The molecular formula is C26H39N5O3. The summed E-state index contributed by atoms with van der Waals surface area (Å²) in [5.41, 5.74) is 0.586. The van der Waals surface area contributed by atoms with Crippen LogP contribution in [0.3, 0.4) is 0 Å². The molecular weight excluding hydrogens is 430 g/mol. The Morgan fingerprint density at radius 2 is 1.91 bits per heavy atom. The lowest BCUT2D eigenvalue weighted by molar-refractivity contribution is -0.135. The summed E-state index contributed by atoms with van der Waals surface area (Å²) in [5.74, 6) is 2.64. The van der Waals surface area contributed by atoms with Crippen LogP contribution < -0.4 is 4.74 Å². The Morgan fingerprint density at radius 1 is 1.18 bits per heavy atom. The first-order chi connectivity index (χ1) is 16.3. The molecule has 0 spiro atoms. The van der Waals surface area contributed by atoms with Gasteiger partial charge in [0, 0.05) is 26.1 Å². The third-order valence-corrected chi connectivity index (χ3v) is 6.30. The highest BCUT2D eigenvalue weighted by Gasteiger charge is 2.27. The first-order valence-electron chi connectivity index (χ1n) is 12.5. The fourth-order valence-corrected chi connectivity index (χ4v) is 4.57. The number of hydrogen-bond donors (Lipinski definition) is 0. The van der Waals surface area contributed by atoms with Gasteiger partial charge in [-0.3, -0.25) is 9.59 Å². The molecule has 34 heavy (non-hydrogen) atoms. The fraction of sp³-hybridized carbons (Fsp3) is 0.615. The van der Waals surface area contributed by atoms with Gasteiger partial charge in [-0.1, -0.05) is 26.0 Å². The predicted octanol–water partition coefficient (Wildman–Crippen LogP) is 3.86. The summed E-state index contributed by atoms with van der Waals surface area (Å²) in [4.78, 5) is 34.8. The van der Waals surface area contributed by atoms with E-state index in [1.807, 2.05) is 54.8 Å². The molecule has 3 rings (SSSR count). The van der Waals surface area contributed by atoms with E-state index in [4.69, 9.17) is 4.74 Å². The maximum absolute atomic E-state index is 13.5. The Bertz CT molecular complexity index is 971. The van der Waals surface area contributed by atoms with Crippen molar-refractivity contribution in [3.05, 3.63) is 41.5 Å². The number of aryl methyl sites for hydroxylation is 3. The van der Waals surface area contributed by atoms with Gasteiger partial charge in [-0.2, -0.15) is 5.10 Å². The van der Waals surface area contributed by atoms with Crippen LogP contribution in [0.4, 0.5) is 0 Å². The molecule has 0 bridgehead atoms. The Balaban J connectivity index is 1.83. The van der Waals surface area contributed by atoms with E-state index in [1.54, 1.807) is 4.68 Å². The summed E-state index contributed by atoms with van der Waals surface area (Å²) in [6, 6.07) is 7.37. The molecule has 0 aliphatic carbocycles. The van der Waals surface area contributed by atoms with Gasteiger partial charge < -0.3 is 14.5 Å². The second kappa shape index (κ2) is 12.0. The number of carbonyl (C=O) groups excluding carboxylic acids is 2. The van der Waals surface area contributed by atoms with Crippen molar-refractivity contribution < 1.29 is 14.3 Å². The molecule has 1 atom stereocenters. The number of rotatable bonds is 6. The van der Waals surface area contributed by atoms with Crippen molar-refractivity contribution in [3.8, 4) is 5.75 Å². The van der Waals surface area contributed by atoms with Gasteiger partial charge in [0.05, 0.1) is 18.2 Å². The number of ether oxygens (including phenoxy) is 1. The molecule has 2 amide bonds. The van der Waals surface area contributed by atoms with Crippen molar-refractivity contribution in [3.63, 3.8) is 0 Å². The molecule has 1 aromatic heterocycles. The smallest absolute Gasteiger partial charge is 0.257 e. The second-order valence-corrected chi connectivity index (χ2v) is 9.45. The van der Waals surface area contributed by atoms with E-state index in [2.05, 4.69) is 23.9 Å². The Morgan fingerprint density at radius 3 is 2.59 bits per heavy atom. The Labute approximate surface area is 203 Å². The molecule has 8 nitrogen and oxygen atoms in total. The van der Waals surface area contributed by atoms with E-state index >= 15 is 0 Å². The van der Waals surface area contributed by atoms with Gasteiger partial charge in [0.15, 0.2) is 0 Å². The van der Waals surface area contributed by atoms with E-state index in [9.17, 15) is 9.59 Å². The quantitative estimate of drug-likeness (QED) is 0.642. The number of carbonyl (C=O) groups is 2. The van der Waals surface area contributed by atoms with Crippen molar-refractivity contribution in [2.24, 2.45) is 5.92 Å². The maximum Gasteiger partial charge on any atom is 0.257 e. The lowest BCUT2D eigenvalue weighted by Crippen LogP contribution is -2.46. The summed E-state index contributed by atoms with van der Waals surface area (Å²) in [6.45, 7) is 12.9. The van der Waals surface area contributed by atoms with E-state index in [0.29, 0.717) is 56.4 Å². The van der Waals surface area contributed by atoms with Crippen molar-refractivity contribution in [2.45, 2.75) is 72.9 Å². The minimum absolute atomic E-state index is 0.00510. The molecule has 1 aromatic carbocycles. The topological polar surface area (TPSA) is 80.6 Å². The zero-order valence-electron chi connectivity index (χ0n) is 21.3. The van der Waals surface area contributed by atoms with Crippen LogP contribution in [-0.4, -0.2) is 68.7 Å². The third kappa shape index (κ3) is 6.58. The summed E-state index contributed by atoms with van der Waals surface area (Å²) < 4.78 is 8.04. The number of para-hydroxylation sites is 1. The Kier molecular flexibility index (Phi) is 9.07. The van der Waals surface area contributed by atoms with Crippen LogP contribution >= 0.6 is 0 Å². The molecule has 1 aliphatic rings. The molecule has 0 fully saturated rings. The number of nitrogens with zero attached hydrogens (tertiary/aromatic N) is 5. The number of benzene rings is 1. The zero-order chi connectivity index (χ0) is 24.7. The molecule has 1 aliphatic heterocycles. The van der Waals surface area contributed by atoms with Crippen LogP contribution in [0.1, 0.15) is 68.5 Å². The first-order valence-corrected chi connectivity index (χ1v) is 12.5. The fourth-order valence-electron chi connectivity index (χ4n) is 4.57. The highest BCUT2D eigenvalue weighted by molar-refractivity contribution is 5.96. The number of hydrogen-bond acceptors (Lipinski definition) is 5. The van der Waals surface area contributed by atoms with Gasteiger partial charge in [0.2, 0.25) is 5.91 Å². The van der Waals surface area contributed by atoms with Crippen molar-refractivity contribution in [1.82, 2.24) is 24.6 Å². The van der Waals surface area contributed by atoms with Crippen LogP contribution in [0.2, 0.25) is 0 Å². The number of aromatic nitrogens is 3. The normalized spacial score (nSPS) is 17.7. The molecule has 2 aromatic rings. The van der Waals surface area contributed by atoms with E-state index in [1.165, 1.54) is 0 Å². The number of fused-ring (bicyclic) bond motifs is 1. The largest absolute Gasteiger partial charge is 0.491 e. The molecule has 8 heteroatoms. The van der Waals surface area contributed by atoms with E-state index in [0.717, 1.165) is 30.9 Å². The van der Waals surface area contributed by atoms with Crippen molar-refractivity contribution in [2.75, 3.05) is 26.2 Å². The lowest BCUT2D eigenvalue weighted by atomic mass is 10.0. The molecule has 0 saturated heterocycles. The molecule has 0 radical (unpaired) electrons. The Hall–Kier alpha value is -2.90. The second-order valence-electron chi connectivity index (χ2n) is 9.45. The summed E-state index contributed by atoms with van der Waals surface area (Å²) in [6.07, 6.45) is 2.90. The average molecular weight is 470 g/mol. The highest BCUT2D eigenvalue weighted by Crippen LogP contribution is 2.23. The average Bonchev–Trinajstić information content (AvgIpc) is 3.13.